The van der Waals surface area contributed by atoms with E-state index >= 15 is 0 Å². The van der Waals surface area contributed by atoms with Crippen LogP contribution in [0.5, 0.6) is 5.75 Å². The van der Waals surface area contributed by atoms with Crippen LogP contribution in [-0.2, 0) is 0 Å². The van der Waals surface area contributed by atoms with Crippen LogP contribution in [0.25, 0.3) is 0 Å². The first-order valence-corrected chi connectivity index (χ1v) is 6.62. The van der Waals surface area contributed by atoms with E-state index in [2.05, 4.69) is 11.4 Å². The van der Waals surface area contributed by atoms with Crippen molar-refractivity contribution in [2.45, 2.75) is 13.0 Å². The van der Waals surface area contributed by atoms with E-state index < -0.39 is 0 Å². The Bertz CT molecular complexity index is 649. The lowest BCUT2D eigenvalue weighted by atomic mass is 10.1. The summed E-state index contributed by atoms with van der Waals surface area (Å²) in [5, 5.41) is 12.9. The smallest absolute Gasteiger partial charge is 0.142 e. The summed E-state index contributed by atoms with van der Waals surface area (Å²) >= 11 is 6.01. The SMILES string of the molecule is COc1ccc(Cl)cc1NC(C)c1cccc(C#N)c1. The molecule has 0 bridgehead atoms. The quantitative estimate of drug-likeness (QED) is 0.906. The number of rotatable bonds is 4. The van der Waals surface area contributed by atoms with Gasteiger partial charge in [-0.3, -0.25) is 0 Å². The fraction of sp³-hybridized carbons (Fsp3) is 0.188. The van der Waals surface area contributed by atoms with Gasteiger partial charge in [-0.15, -0.1) is 0 Å². The van der Waals surface area contributed by atoms with Gasteiger partial charge >= 0.3 is 0 Å². The van der Waals surface area contributed by atoms with Gasteiger partial charge in [0.25, 0.3) is 0 Å². The van der Waals surface area contributed by atoms with Gasteiger partial charge in [-0.05, 0) is 42.8 Å². The molecule has 1 unspecified atom stereocenters. The zero-order valence-electron chi connectivity index (χ0n) is 11.4. The number of methoxy groups -OCH3 is 1. The molecule has 0 saturated heterocycles. The number of ether oxygens (including phenoxy) is 1. The Hall–Kier alpha value is -2.18. The summed E-state index contributed by atoms with van der Waals surface area (Å²) < 4.78 is 5.31. The summed E-state index contributed by atoms with van der Waals surface area (Å²) in [4.78, 5) is 0. The van der Waals surface area contributed by atoms with Gasteiger partial charge in [-0.25, -0.2) is 0 Å². The standard InChI is InChI=1S/C16H15ClN2O/c1-11(13-5-3-4-12(8-13)10-18)19-15-9-14(17)6-7-16(15)20-2/h3-9,11,19H,1-2H3. The summed E-state index contributed by atoms with van der Waals surface area (Å²) in [6.45, 7) is 2.02. The number of anilines is 1. The normalized spacial score (nSPS) is 11.5. The molecule has 1 atom stereocenters. The molecule has 0 spiro atoms. The van der Waals surface area contributed by atoms with E-state index in [-0.39, 0.29) is 6.04 Å². The molecule has 0 heterocycles. The minimum Gasteiger partial charge on any atom is -0.495 e. The predicted octanol–water partition coefficient (Wildman–Crippen LogP) is 4.39. The van der Waals surface area contributed by atoms with E-state index in [1.165, 1.54) is 0 Å². The highest BCUT2D eigenvalue weighted by Gasteiger charge is 2.10. The lowest BCUT2D eigenvalue weighted by molar-refractivity contribution is 0.416. The van der Waals surface area contributed by atoms with Crippen LogP contribution in [0.1, 0.15) is 24.1 Å². The number of hydrogen-bond donors (Lipinski definition) is 1. The van der Waals surface area contributed by atoms with Crippen molar-refractivity contribution in [1.29, 1.82) is 5.26 Å². The summed E-state index contributed by atoms with van der Waals surface area (Å²) in [6.07, 6.45) is 0. The largest absolute Gasteiger partial charge is 0.495 e. The number of benzene rings is 2. The van der Waals surface area contributed by atoms with Gasteiger partial charge in [0.2, 0.25) is 0 Å². The van der Waals surface area contributed by atoms with Crippen molar-refractivity contribution in [3.05, 3.63) is 58.6 Å². The van der Waals surface area contributed by atoms with Crippen molar-refractivity contribution < 1.29 is 4.74 Å². The van der Waals surface area contributed by atoms with Crippen LogP contribution in [0.3, 0.4) is 0 Å². The fourth-order valence-corrected chi connectivity index (χ4v) is 2.16. The van der Waals surface area contributed by atoms with Crippen molar-refractivity contribution >= 4 is 17.3 Å². The molecule has 3 nitrogen and oxygen atoms in total. The maximum absolute atomic E-state index is 8.94. The van der Waals surface area contributed by atoms with Gasteiger partial charge in [0.15, 0.2) is 0 Å². The topological polar surface area (TPSA) is 45.0 Å². The maximum atomic E-state index is 8.94. The molecule has 20 heavy (non-hydrogen) atoms. The summed E-state index contributed by atoms with van der Waals surface area (Å²) in [5.41, 5.74) is 2.51. The van der Waals surface area contributed by atoms with E-state index in [0.717, 1.165) is 17.0 Å². The molecule has 4 heteroatoms. The molecule has 1 N–H and O–H groups in total. The van der Waals surface area contributed by atoms with Gasteiger partial charge in [0.1, 0.15) is 5.75 Å². The predicted molar refractivity (Wildman–Crippen MR) is 81.2 cm³/mol. The highest BCUT2D eigenvalue weighted by atomic mass is 35.5. The third-order valence-electron chi connectivity index (χ3n) is 3.05. The average Bonchev–Trinajstić information content (AvgIpc) is 2.47. The maximum Gasteiger partial charge on any atom is 0.142 e. The van der Waals surface area contributed by atoms with Crippen LogP contribution in [0.2, 0.25) is 5.02 Å². The molecule has 0 fully saturated rings. The molecule has 102 valence electrons. The summed E-state index contributed by atoms with van der Waals surface area (Å²) in [7, 11) is 1.62. The minimum absolute atomic E-state index is 0.0377. The Morgan fingerprint density at radius 3 is 2.75 bits per heavy atom. The average molecular weight is 287 g/mol. The molecule has 0 aliphatic rings. The molecule has 2 rings (SSSR count). The monoisotopic (exact) mass is 286 g/mol. The second-order valence-electron chi connectivity index (χ2n) is 4.45. The van der Waals surface area contributed by atoms with Crippen molar-refractivity contribution in [3.63, 3.8) is 0 Å². The van der Waals surface area contributed by atoms with Crippen LogP contribution in [-0.4, -0.2) is 7.11 Å². The molecular formula is C16H15ClN2O. The zero-order valence-corrected chi connectivity index (χ0v) is 12.1. The zero-order chi connectivity index (χ0) is 14.5. The van der Waals surface area contributed by atoms with Gasteiger partial charge in [0, 0.05) is 11.1 Å². The van der Waals surface area contributed by atoms with E-state index in [4.69, 9.17) is 21.6 Å². The van der Waals surface area contributed by atoms with Crippen molar-refractivity contribution in [3.8, 4) is 11.8 Å². The Labute approximate surface area is 123 Å². The second kappa shape index (κ2) is 6.31. The van der Waals surface area contributed by atoms with E-state index in [1.807, 2.05) is 37.3 Å². The van der Waals surface area contributed by atoms with Crippen molar-refractivity contribution in [2.24, 2.45) is 0 Å². The number of hydrogen-bond acceptors (Lipinski definition) is 3. The Morgan fingerprint density at radius 2 is 2.05 bits per heavy atom. The molecular weight excluding hydrogens is 272 g/mol. The number of nitrogens with one attached hydrogen (secondary N) is 1. The van der Waals surface area contributed by atoms with E-state index in [9.17, 15) is 0 Å². The molecule has 0 radical (unpaired) electrons. The highest BCUT2D eigenvalue weighted by molar-refractivity contribution is 6.30. The Balaban J connectivity index is 2.25. The molecule has 2 aromatic carbocycles. The lowest BCUT2D eigenvalue weighted by Gasteiger charge is -2.18. The number of halogens is 1. The van der Waals surface area contributed by atoms with Gasteiger partial charge in [0.05, 0.1) is 24.4 Å². The first kappa shape index (κ1) is 14.2. The van der Waals surface area contributed by atoms with Gasteiger partial charge in [-0.1, -0.05) is 23.7 Å². The molecule has 0 saturated carbocycles. The number of nitrogens with zero attached hydrogens (tertiary/aromatic N) is 1. The van der Waals surface area contributed by atoms with E-state index in [0.29, 0.717) is 10.6 Å². The van der Waals surface area contributed by atoms with Crippen molar-refractivity contribution in [1.82, 2.24) is 0 Å². The highest BCUT2D eigenvalue weighted by Crippen LogP contribution is 2.31. The summed E-state index contributed by atoms with van der Waals surface area (Å²) in [5.74, 6) is 0.734. The minimum atomic E-state index is 0.0377. The molecule has 0 aromatic heterocycles. The van der Waals surface area contributed by atoms with Crippen LogP contribution in [0, 0.1) is 11.3 Å². The first-order chi connectivity index (χ1) is 9.63. The van der Waals surface area contributed by atoms with Gasteiger partial charge < -0.3 is 10.1 Å². The Morgan fingerprint density at radius 1 is 1.25 bits per heavy atom. The second-order valence-corrected chi connectivity index (χ2v) is 4.88. The molecule has 0 aliphatic heterocycles. The molecule has 0 aliphatic carbocycles. The fourth-order valence-electron chi connectivity index (χ4n) is 1.99. The third kappa shape index (κ3) is 3.23. The Kier molecular flexibility index (Phi) is 4.49. The molecule has 0 amide bonds. The number of nitriles is 1. The first-order valence-electron chi connectivity index (χ1n) is 6.24. The molecule has 2 aromatic rings. The van der Waals surface area contributed by atoms with Gasteiger partial charge in [-0.2, -0.15) is 5.26 Å². The van der Waals surface area contributed by atoms with Crippen LogP contribution in [0.4, 0.5) is 5.69 Å². The van der Waals surface area contributed by atoms with E-state index in [1.54, 1.807) is 19.2 Å². The lowest BCUT2D eigenvalue weighted by Crippen LogP contribution is -2.07. The van der Waals surface area contributed by atoms with Crippen LogP contribution >= 0.6 is 11.6 Å². The third-order valence-corrected chi connectivity index (χ3v) is 3.28. The summed E-state index contributed by atoms with van der Waals surface area (Å²) in [6, 6.07) is 15.1. The van der Waals surface area contributed by atoms with Crippen molar-refractivity contribution in [2.75, 3.05) is 12.4 Å². The van der Waals surface area contributed by atoms with Crippen LogP contribution in [0.15, 0.2) is 42.5 Å². The van der Waals surface area contributed by atoms with Crippen LogP contribution < -0.4 is 10.1 Å².